The van der Waals surface area contributed by atoms with E-state index in [4.69, 9.17) is 22.7 Å². The molecule has 0 aromatic carbocycles. The number of phosphoric acid groups is 1. The first-order chi connectivity index (χ1) is 21.9. The van der Waals surface area contributed by atoms with Gasteiger partial charge in [0.2, 0.25) is 0 Å². The van der Waals surface area contributed by atoms with Gasteiger partial charge in [-0.3, -0.25) is 27.4 Å². The Morgan fingerprint density at radius 2 is 1.89 bits per heavy atom. The maximum Gasteiger partial charge on any atom is 0.472 e. The minimum absolute atomic E-state index is 0.0855. The third kappa shape index (κ3) is 5.34. The number of ether oxygens (including phenoxy) is 2. The van der Waals surface area contributed by atoms with Crippen LogP contribution in [0.15, 0.2) is 22.2 Å². The van der Waals surface area contributed by atoms with E-state index in [2.05, 4.69) is 40.0 Å². The zero-order valence-corrected chi connectivity index (χ0v) is 24.9. The van der Waals surface area contributed by atoms with Crippen LogP contribution in [0.1, 0.15) is 18.3 Å². The van der Waals surface area contributed by atoms with E-state index in [1.165, 1.54) is 6.92 Å². The van der Waals surface area contributed by atoms with Crippen molar-refractivity contribution in [3.8, 4) is 0 Å². The number of aryl methyl sites for hydroxylation is 1. The maximum absolute atomic E-state index is 15.9. The number of hydrogen-bond donors (Lipinski definition) is 5. The van der Waals surface area contributed by atoms with Crippen molar-refractivity contribution in [2.75, 3.05) is 19.8 Å². The van der Waals surface area contributed by atoms with Crippen molar-refractivity contribution in [2.45, 2.75) is 49.9 Å². The fraction of sp³-hybridized carbons (Fsp3) is 0.571. The van der Waals surface area contributed by atoms with Crippen molar-refractivity contribution in [3.63, 3.8) is 0 Å². The van der Waals surface area contributed by atoms with E-state index in [-0.39, 0.29) is 28.2 Å². The molecule has 2 bridgehead atoms. The molecular formula is C21H24FN10O12PS. The average Bonchev–Trinajstić information content (AvgIpc) is 3.75. The lowest BCUT2D eigenvalue weighted by Gasteiger charge is -2.24. The van der Waals surface area contributed by atoms with Crippen molar-refractivity contribution in [3.05, 3.63) is 39.2 Å². The third-order valence-electron chi connectivity index (χ3n) is 7.70. The molecule has 22 nitrogen and oxygen atoms in total. The standard InChI is InChI=1S/C21H24FN10O12PS/c1-7-26-17-14(19(35)27-7)28-30-32(17)21-12-8(2-33)9(42-21)3-40-45(36,37)44-15-10(4-41-46(38,39)29-12)43-20(11(15)22)31-6-25-13-16(31)23-5-24-18(13)34/h5-6,8-12,15,20-21,29,33H,2-4H2,1H3,(H,36,37)(H,23,24,34)(H,26,27,35). The summed E-state index contributed by atoms with van der Waals surface area (Å²) in [6, 6.07) is -1.39. The van der Waals surface area contributed by atoms with E-state index in [0.717, 1.165) is 21.9 Å². The first-order valence-electron chi connectivity index (χ1n) is 13.5. The Morgan fingerprint density at radius 3 is 2.67 bits per heavy atom. The molecule has 0 aliphatic carbocycles. The van der Waals surface area contributed by atoms with Crippen LogP contribution in [0.25, 0.3) is 22.3 Å². The number of nitrogens with zero attached hydrogens (tertiary/aromatic N) is 7. The van der Waals surface area contributed by atoms with Crippen LogP contribution in [0.3, 0.4) is 0 Å². The summed E-state index contributed by atoms with van der Waals surface area (Å²) in [6.07, 6.45) is -8.07. The first kappa shape index (κ1) is 31.0. The molecule has 7 rings (SSSR count). The molecule has 25 heteroatoms. The molecule has 3 aliphatic heterocycles. The summed E-state index contributed by atoms with van der Waals surface area (Å²) in [5.41, 5.74) is -1.78. The molecule has 5 N–H and O–H groups in total. The van der Waals surface area contributed by atoms with Gasteiger partial charge in [-0.05, 0) is 6.92 Å². The number of rotatable bonds is 3. The first-order valence-corrected chi connectivity index (χ1v) is 16.4. The van der Waals surface area contributed by atoms with Crippen molar-refractivity contribution >= 4 is 40.5 Å². The van der Waals surface area contributed by atoms with Gasteiger partial charge in [-0.1, -0.05) is 5.21 Å². The van der Waals surface area contributed by atoms with E-state index >= 15 is 4.39 Å². The molecule has 3 fully saturated rings. The summed E-state index contributed by atoms with van der Waals surface area (Å²) in [5, 5.41) is 17.9. The van der Waals surface area contributed by atoms with Crippen LogP contribution >= 0.6 is 7.82 Å². The highest BCUT2D eigenvalue weighted by Crippen LogP contribution is 2.50. The van der Waals surface area contributed by atoms with Gasteiger partial charge in [0.25, 0.3) is 11.1 Å². The molecule has 0 radical (unpaired) electrons. The Balaban J connectivity index is 1.23. The molecule has 3 saturated heterocycles. The summed E-state index contributed by atoms with van der Waals surface area (Å²) < 4.78 is 86.8. The van der Waals surface area contributed by atoms with E-state index < -0.39 is 98.0 Å². The molecule has 9 unspecified atom stereocenters. The topological polar surface area (TPSA) is 290 Å². The Morgan fingerprint density at radius 1 is 1.11 bits per heavy atom. The van der Waals surface area contributed by atoms with Crippen molar-refractivity contribution in [2.24, 2.45) is 5.92 Å². The van der Waals surface area contributed by atoms with Crippen LogP contribution in [0.4, 0.5) is 4.39 Å². The fourth-order valence-electron chi connectivity index (χ4n) is 5.61. The third-order valence-corrected chi connectivity index (χ3v) is 9.69. The Labute approximate surface area is 254 Å². The summed E-state index contributed by atoms with van der Waals surface area (Å²) in [5.74, 6) is -0.967. The normalized spacial score (nSPS) is 35.0. The number of aromatic nitrogens is 9. The minimum Gasteiger partial charge on any atom is -0.396 e. The number of alkyl halides is 1. The lowest BCUT2D eigenvalue weighted by Crippen LogP contribution is -2.46. The Hall–Kier alpha value is -3.58. The number of aliphatic hydroxyl groups is 1. The number of H-pyrrole nitrogens is 2. The summed E-state index contributed by atoms with van der Waals surface area (Å²) in [4.78, 5) is 51.9. The van der Waals surface area contributed by atoms with Crippen molar-refractivity contribution in [1.82, 2.24) is 49.2 Å². The zero-order chi connectivity index (χ0) is 32.5. The van der Waals surface area contributed by atoms with Gasteiger partial charge in [-0.25, -0.2) is 23.9 Å². The maximum atomic E-state index is 15.9. The fourth-order valence-corrected chi connectivity index (χ4v) is 7.58. The lowest BCUT2D eigenvalue weighted by atomic mass is 9.98. The van der Waals surface area contributed by atoms with E-state index in [1.54, 1.807) is 0 Å². The summed E-state index contributed by atoms with van der Waals surface area (Å²) in [7, 11) is -9.94. The molecule has 0 amide bonds. The number of hydrogen-bond acceptors (Lipinski definition) is 16. The second-order valence-electron chi connectivity index (χ2n) is 10.6. The second-order valence-corrected chi connectivity index (χ2v) is 13.3. The van der Waals surface area contributed by atoms with Gasteiger partial charge in [-0.15, -0.1) is 5.10 Å². The van der Waals surface area contributed by atoms with Gasteiger partial charge in [0.15, 0.2) is 41.0 Å². The smallest absolute Gasteiger partial charge is 0.396 e. The van der Waals surface area contributed by atoms with Gasteiger partial charge >= 0.3 is 18.1 Å². The van der Waals surface area contributed by atoms with Crippen LogP contribution in [0, 0.1) is 12.8 Å². The molecular weight excluding hydrogens is 666 g/mol. The molecule has 248 valence electrons. The number of fused-ring (bicyclic) bond motifs is 5. The molecule has 4 aromatic rings. The van der Waals surface area contributed by atoms with E-state index in [1.807, 2.05) is 0 Å². The van der Waals surface area contributed by atoms with E-state index in [9.17, 15) is 32.6 Å². The number of aromatic amines is 2. The lowest BCUT2D eigenvalue weighted by molar-refractivity contribution is -0.0529. The van der Waals surface area contributed by atoms with Crippen LogP contribution in [0.5, 0.6) is 0 Å². The van der Waals surface area contributed by atoms with E-state index in [0.29, 0.717) is 0 Å². The Kier molecular flexibility index (Phi) is 7.62. The minimum atomic E-state index is -5.15. The predicted octanol–water partition coefficient (Wildman–Crippen LogP) is -2.57. The number of aliphatic hydroxyl groups excluding tert-OH is 1. The van der Waals surface area contributed by atoms with Gasteiger partial charge in [0.05, 0.1) is 44.6 Å². The predicted molar refractivity (Wildman–Crippen MR) is 145 cm³/mol. The molecule has 3 aliphatic rings. The van der Waals surface area contributed by atoms with Crippen LogP contribution < -0.4 is 15.8 Å². The van der Waals surface area contributed by atoms with Crippen molar-refractivity contribution < 1.29 is 50.1 Å². The van der Waals surface area contributed by atoms with Crippen LogP contribution in [-0.2, 0) is 37.6 Å². The largest absolute Gasteiger partial charge is 0.472 e. The molecule has 7 heterocycles. The van der Waals surface area contributed by atoms with Gasteiger partial charge in [0, 0.05) is 5.92 Å². The quantitative estimate of drug-likeness (QED) is 0.138. The monoisotopic (exact) mass is 690 g/mol. The highest BCUT2D eigenvalue weighted by Gasteiger charge is 2.53. The molecule has 4 aromatic heterocycles. The summed E-state index contributed by atoms with van der Waals surface area (Å²) >= 11 is 0. The van der Waals surface area contributed by atoms with Crippen LogP contribution in [0.2, 0.25) is 0 Å². The van der Waals surface area contributed by atoms with Gasteiger partial charge in [-0.2, -0.15) is 17.8 Å². The highest BCUT2D eigenvalue weighted by molar-refractivity contribution is 7.84. The number of phosphoric ester groups is 1. The number of nitrogens with one attached hydrogen (secondary N) is 3. The van der Waals surface area contributed by atoms with Gasteiger partial charge < -0.3 is 29.4 Å². The second kappa shape index (κ2) is 11.3. The number of halogens is 1. The highest BCUT2D eigenvalue weighted by atomic mass is 32.2. The molecule has 0 saturated carbocycles. The molecule has 0 spiro atoms. The Bertz CT molecular complexity index is 2090. The average molecular weight is 691 g/mol. The summed E-state index contributed by atoms with van der Waals surface area (Å²) in [6.45, 7) is -0.939. The zero-order valence-electron chi connectivity index (χ0n) is 23.2. The SMILES string of the molecule is Cc1nc2c(nnn2C2OC3COP(=O)(O)OC4C(COS(=O)(=O)NC2C3CO)OC(n2cnc3c(=O)[nH]cnc32)C4F)c(=O)[nH]1. The van der Waals surface area contributed by atoms with Gasteiger partial charge in [0.1, 0.15) is 18.0 Å². The van der Waals surface area contributed by atoms with Crippen LogP contribution in [-0.4, -0.2) is 113 Å². The van der Waals surface area contributed by atoms with Crippen molar-refractivity contribution in [1.29, 1.82) is 0 Å². The number of imidazole rings is 1. The molecule has 9 atom stereocenters. The molecule has 46 heavy (non-hydrogen) atoms.